The molecule has 0 spiro atoms. The van der Waals surface area contributed by atoms with E-state index in [2.05, 4.69) is 10.6 Å². The Morgan fingerprint density at radius 3 is 3.00 bits per heavy atom. The van der Waals surface area contributed by atoms with Crippen molar-refractivity contribution < 1.29 is 9.53 Å². The molecule has 4 nitrogen and oxygen atoms in total. The van der Waals surface area contributed by atoms with Gasteiger partial charge in [0.1, 0.15) is 0 Å². The molecule has 0 aromatic heterocycles. The topological polar surface area (TPSA) is 50.4 Å². The fourth-order valence-electron chi connectivity index (χ4n) is 1.57. The Labute approximate surface area is 97.5 Å². The smallest absolute Gasteiger partial charge is 0.222 e. The number of halogens is 1. The molecule has 0 radical (unpaired) electrons. The lowest BCUT2D eigenvalue weighted by Gasteiger charge is -2.11. The molecule has 90 valence electrons. The lowest BCUT2D eigenvalue weighted by atomic mass is 10.2. The van der Waals surface area contributed by atoms with Crippen molar-refractivity contribution in [2.75, 3.05) is 26.3 Å². The standard InChI is InChI=1S/C10H20N2O2.ClH/c1-2-14-7-5-10(13)12-8-9-4-3-6-11-9;/h9,11H,2-8H2,1H3,(H,12,13);1H. The average molecular weight is 237 g/mol. The molecular weight excluding hydrogens is 216 g/mol. The van der Waals surface area contributed by atoms with Crippen LogP contribution in [0.25, 0.3) is 0 Å². The summed E-state index contributed by atoms with van der Waals surface area (Å²) in [5, 5.41) is 6.24. The maximum absolute atomic E-state index is 11.3. The van der Waals surface area contributed by atoms with E-state index in [1.54, 1.807) is 0 Å². The van der Waals surface area contributed by atoms with Crippen LogP contribution in [0.4, 0.5) is 0 Å². The van der Waals surface area contributed by atoms with Crippen LogP contribution in [0.15, 0.2) is 0 Å². The van der Waals surface area contributed by atoms with Crippen molar-refractivity contribution >= 4 is 18.3 Å². The first kappa shape index (κ1) is 14.7. The molecule has 1 aliphatic heterocycles. The van der Waals surface area contributed by atoms with Crippen LogP contribution in [0.2, 0.25) is 0 Å². The Hall–Kier alpha value is -0.320. The zero-order valence-electron chi connectivity index (χ0n) is 9.25. The molecule has 2 N–H and O–H groups in total. The average Bonchev–Trinajstić information content (AvgIpc) is 2.68. The van der Waals surface area contributed by atoms with Gasteiger partial charge in [-0.05, 0) is 26.3 Å². The van der Waals surface area contributed by atoms with E-state index in [4.69, 9.17) is 4.74 Å². The van der Waals surface area contributed by atoms with Gasteiger partial charge in [0.05, 0.1) is 6.61 Å². The second kappa shape index (κ2) is 8.95. The van der Waals surface area contributed by atoms with Crippen LogP contribution in [0.5, 0.6) is 0 Å². The van der Waals surface area contributed by atoms with Gasteiger partial charge in [0.25, 0.3) is 0 Å². The number of nitrogens with one attached hydrogen (secondary N) is 2. The lowest BCUT2D eigenvalue weighted by molar-refractivity contribution is -0.122. The first-order chi connectivity index (χ1) is 6.83. The highest BCUT2D eigenvalue weighted by Crippen LogP contribution is 2.02. The molecule has 1 unspecified atom stereocenters. The summed E-state index contributed by atoms with van der Waals surface area (Å²) in [6.45, 7) is 4.97. The van der Waals surface area contributed by atoms with E-state index in [-0.39, 0.29) is 18.3 Å². The first-order valence-corrected chi connectivity index (χ1v) is 5.40. The summed E-state index contributed by atoms with van der Waals surface area (Å²) in [7, 11) is 0. The summed E-state index contributed by atoms with van der Waals surface area (Å²) in [5.74, 6) is 0.0900. The highest BCUT2D eigenvalue weighted by molar-refractivity contribution is 5.85. The number of hydrogen-bond donors (Lipinski definition) is 2. The third-order valence-electron chi connectivity index (χ3n) is 2.39. The molecule has 0 aliphatic carbocycles. The summed E-state index contributed by atoms with van der Waals surface area (Å²) in [4.78, 5) is 11.3. The predicted octanol–water partition coefficient (Wildman–Crippen LogP) is 0.703. The normalized spacial score (nSPS) is 19.7. The fourth-order valence-corrected chi connectivity index (χ4v) is 1.57. The van der Waals surface area contributed by atoms with Crippen LogP contribution in [0, 0.1) is 0 Å². The largest absolute Gasteiger partial charge is 0.381 e. The van der Waals surface area contributed by atoms with Gasteiger partial charge < -0.3 is 15.4 Å². The van der Waals surface area contributed by atoms with Crippen LogP contribution in [0.1, 0.15) is 26.2 Å². The molecule has 5 heteroatoms. The van der Waals surface area contributed by atoms with Gasteiger partial charge in [-0.15, -0.1) is 12.4 Å². The van der Waals surface area contributed by atoms with Crippen molar-refractivity contribution in [2.45, 2.75) is 32.2 Å². The summed E-state index contributed by atoms with van der Waals surface area (Å²) >= 11 is 0. The molecule has 0 saturated carbocycles. The van der Waals surface area contributed by atoms with Gasteiger partial charge in [-0.3, -0.25) is 4.79 Å². The van der Waals surface area contributed by atoms with Crippen molar-refractivity contribution in [3.8, 4) is 0 Å². The monoisotopic (exact) mass is 236 g/mol. The number of ether oxygens (including phenoxy) is 1. The summed E-state index contributed by atoms with van der Waals surface area (Å²) in [5.41, 5.74) is 0. The second-order valence-electron chi connectivity index (χ2n) is 3.54. The molecule has 1 aliphatic rings. The van der Waals surface area contributed by atoms with E-state index in [0.717, 1.165) is 13.1 Å². The second-order valence-corrected chi connectivity index (χ2v) is 3.54. The quantitative estimate of drug-likeness (QED) is 0.668. The minimum Gasteiger partial charge on any atom is -0.381 e. The summed E-state index contributed by atoms with van der Waals surface area (Å²) in [6.07, 6.45) is 2.87. The molecule has 15 heavy (non-hydrogen) atoms. The predicted molar refractivity (Wildman–Crippen MR) is 62.4 cm³/mol. The van der Waals surface area contributed by atoms with Crippen molar-refractivity contribution in [1.29, 1.82) is 0 Å². The first-order valence-electron chi connectivity index (χ1n) is 5.40. The molecular formula is C10H21ClN2O2. The maximum Gasteiger partial charge on any atom is 0.222 e. The number of hydrogen-bond acceptors (Lipinski definition) is 3. The fraction of sp³-hybridized carbons (Fsp3) is 0.900. The number of carbonyl (C=O) groups is 1. The van der Waals surface area contributed by atoms with Crippen LogP contribution in [0.3, 0.4) is 0 Å². The van der Waals surface area contributed by atoms with E-state index < -0.39 is 0 Å². The molecule has 0 aromatic rings. The molecule has 1 amide bonds. The SMILES string of the molecule is CCOCCC(=O)NCC1CCCN1.Cl. The van der Waals surface area contributed by atoms with Crippen molar-refractivity contribution in [3.63, 3.8) is 0 Å². The Kier molecular flexibility index (Phi) is 8.76. The van der Waals surface area contributed by atoms with Gasteiger partial charge in [-0.25, -0.2) is 0 Å². The van der Waals surface area contributed by atoms with Gasteiger partial charge in [-0.1, -0.05) is 0 Å². The van der Waals surface area contributed by atoms with Gasteiger partial charge in [-0.2, -0.15) is 0 Å². The minimum absolute atomic E-state index is 0. The van der Waals surface area contributed by atoms with Crippen LogP contribution in [-0.4, -0.2) is 38.3 Å². The summed E-state index contributed by atoms with van der Waals surface area (Å²) in [6, 6.07) is 0.478. The Morgan fingerprint density at radius 2 is 2.40 bits per heavy atom. The van der Waals surface area contributed by atoms with Gasteiger partial charge in [0, 0.05) is 25.6 Å². The molecule has 1 saturated heterocycles. The third-order valence-corrected chi connectivity index (χ3v) is 2.39. The number of carbonyl (C=O) groups excluding carboxylic acids is 1. The molecule has 1 rings (SSSR count). The van der Waals surface area contributed by atoms with E-state index in [1.807, 2.05) is 6.92 Å². The van der Waals surface area contributed by atoms with Gasteiger partial charge in [0.15, 0.2) is 0 Å². The van der Waals surface area contributed by atoms with Crippen LogP contribution in [-0.2, 0) is 9.53 Å². The van der Waals surface area contributed by atoms with E-state index in [0.29, 0.717) is 25.7 Å². The molecule has 1 fully saturated rings. The highest BCUT2D eigenvalue weighted by atomic mass is 35.5. The van der Waals surface area contributed by atoms with Crippen molar-refractivity contribution in [2.24, 2.45) is 0 Å². The molecule has 1 heterocycles. The molecule has 0 aromatic carbocycles. The number of rotatable bonds is 6. The van der Waals surface area contributed by atoms with E-state index in [1.165, 1.54) is 12.8 Å². The van der Waals surface area contributed by atoms with Gasteiger partial charge >= 0.3 is 0 Å². The van der Waals surface area contributed by atoms with Crippen molar-refractivity contribution in [3.05, 3.63) is 0 Å². The Balaban J connectivity index is 0.00000196. The van der Waals surface area contributed by atoms with E-state index >= 15 is 0 Å². The zero-order chi connectivity index (χ0) is 10.2. The zero-order valence-corrected chi connectivity index (χ0v) is 10.1. The molecule has 0 bridgehead atoms. The number of amides is 1. The highest BCUT2D eigenvalue weighted by Gasteiger charge is 2.14. The van der Waals surface area contributed by atoms with Crippen molar-refractivity contribution in [1.82, 2.24) is 10.6 Å². The minimum atomic E-state index is 0. The summed E-state index contributed by atoms with van der Waals surface area (Å²) < 4.78 is 5.10. The Bertz CT molecular complexity index is 173. The molecule has 1 atom stereocenters. The van der Waals surface area contributed by atoms with E-state index in [9.17, 15) is 4.79 Å². The Morgan fingerprint density at radius 1 is 1.60 bits per heavy atom. The van der Waals surface area contributed by atoms with Gasteiger partial charge in [0.2, 0.25) is 5.91 Å². The van der Waals surface area contributed by atoms with Crippen LogP contribution < -0.4 is 10.6 Å². The van der Waals surface area contributed by atoms with Crippen LogP contribution >= 0.6 is 12.4 Å². The maximum atomic E-state index is 11.3. The third kappa shape index (κ3) is 6.71. The lowest BCUT2D eigenvalue weighted by Crippen LogP contribution is -2.37.